The van der Waals surface area contributed by atoms with Crippen LogP contribution in [0.25, 0.3) is 0 Å². The Morgan fingerprint density at radius 3 is 2.33 bits per heavy atom. The summed E-state index contributed by atoms with van der Waals surface area (Å²) in [5.74, 6) is 1.48. The maximum absolute atomic E-state index is 6.12. The number of hydrogen-bond donors (Lipinski definition) is 1. The second-order valence-corrected chi connectivity index (χ2v) is 6.46. The van der Waals surface area contributed by atoms with Crippen LogP contribution in [-0.4, -0.2) is 12.6 Å². The second-order valence-electron chi connectivity index (χ2n) is 6.46. The quantitative estimate of drug-likeness (QED) is 0.879. The molecule has 1 atom stereocenters. The van der Waals surface area contributed by atoms with E-state index in [-0.39, 0.29) is 11.5 Å². The van der Waals surface area contributed by atoms with Crippen LogP contribution in [0.15, 0.2) is 18.2 Å². The fraction of sp³-hybridized carbons (Fsp3) is 0.625. The minimum Gasteiger partial charge on any atom is -0.492 e. The summed E-state index contributed by atoms with van der Waals surface area (Å²) in [5.41, 5.74) is 8.67. The molecular formula is C16H27NO. The maximum Gasteiger partial charge on any atom is 0.122 e. The van der Waals surface area contributed by atoms with E-state index in [0.717, 1.165) is 5.75 Å². The lowest BCUT2D eigenvalue weighted by atomic mass is 9.88. The highest BCUT2D eigenvalue weighted by atomic mass is 16.5. The summed E-state index contributed by atoms with van der Waals surface area (Å²) in [6.45, 7) is 13.4. The van der Waals surface area contributed by atoms with Crippen molar-refractivity contribution in [2.75, 3.05) is 6.61 Å². The van der Waals surface area contributed by atoms with Crippen molar-refractivity contribution in [3.63, 3.8) is 0 Å². The summed E-state index contributed by atoms with van der Waals surface area (Å²) in [5, 5.41) is 0. The lowest BCUT2D eigenvalue weighted by Gasteiger charge is -2.27. The molecule has 0 saturated heterocycles. The summed E-state index contributed by atoms with van der Waals surface area (Å²) >= 11 is 0. The molecule has 0 spiro atoms. The van der Waals surface area contributed by atoms with E-state index < -0.39 is 0 Å². The van der Waals surface area contributed by atoms with Gasteiger partial charge < -0.3 is 10.5 Å². The van der Waals surface area contributed by atoms with E-state index in [1.165, 1.54) is 11.1 Å². The average Bonchev–Trinajstić information content (AvgIpc) is 2.25. The van der Waals surface area contributed by atoms with Crippen LogP contribution >= 0.6 is 0 Å². The molecule has 2 heteroatoms. The van der Waals surface area contributed by atoms with Crippen molar-refractivity contribution in [3.8, 4) is 5.75 Å². The molecule has 0 aliphatic rings. The molecule has 0 saturated carbocycles. The Balaban J connectivity index is 2.75. The molecule has 2 nitrogen and oxygen atoms in total. The third-order valence-electron chi connectivity index (χ3n) is 3.41. The minimum atomic E-state index is 0.0413. The molecule has 1 rings (SSSR count). The summed E-state index contributed by atoms with van der Waals surface area (Å²) < 4.78 is 5.89. The van der Waals surface area contributed by atoms with Gasteiger partial charge in [0.2, 0.25) is 0 Å². The Hall–Kier alpha value is -1.02. The van der Waals surface area contributed by atoms with E-state index in [4.69, 9.17) is 10.5 Å². The number of hydrogen-bond acceptors (Lipinski definition) is 2. The van der Waals surface area contributed by atoms with Crippen molar-refractivity contribution >= 4 is 0 Å². The van der Waals surface area contributed by atoms with E-state index in [2.05, 4.69) is 59.7 Å². The van der Waals surface area contributed by atoms with Crippen LogP contribution in [0.1, 0.15) is 51.7 Å². The van der Waals surface area contributed by atoms with Gasteiger partial charge >= 0.3 is 0 Å². The topological polar surface area (TPSA) is 35.2 Å². The Kier molecular flexibility index (Phi) is 4.80. The van der Waals surface area contributed by atoms with Gasteiger partial charge in [0.05, 0.1) is 0 Å². The zero-order valence-electron chi connectivity index (χ0n) is 12.6. The predicted molar refractivity (Wildman–Crippen MR) is 78.2 cm³/mol. The van der Waals surface area contributed by atoms with E-state index in [1.54, 1.807) is 0 Å². The van der Waals surface area contributed by atoms with E-state index in [0.29, 0.717) is 12.5 Å². The second kappa shape index (κ2) is 5.75. The number of ether oxygens (including phenoxy) is 1. The highest BCUT2D eigenvalue weighted by Crippen LogP contribution is 2.25. The molecule has 0 aromatic heterocycles. The third-order valence-corrected chi connectivity index (χ3v) is 3.41. The van der Waals surface area contributed by atoms with E-state index in [9.17, 15) is 0 Å². The highest BCUT2D eigenvalue weighted by molar-refractivity contribution is 5.37. The number of rotatable bonds is 4. The van der Waals surface area contributed by atoms with Crippen molar-refractivity contribution in [1.82, 2.24) is 0 Å². The number of aryl methyl sites for hydroxylation is 1. The standard InChI is InChI=1S/C16H27NO/c1-11(2)13-8-7-12(3)14(9-13)18-10-15(17)16(4,5)6/h7-9,11,15H,10,17H2,1-6H3. The first-order chi connectivity index (χ1) is 8.21. The molecule has 0 fully saturated rings. The smallest absolute Gasteiger partial charge is 0.122 e. The Bertz CT molecular complexity index is 391. The molecule has 0 bridgehead atoms. The zero-order valence-corrected chi connectivity index (χ0v) is 12.6. The highest BCUT2D eigenvalue weighted by Gasteiger charge is 2.21. The van der Waals surface area contributed by atoms with Crippen LogP contribution in [-0.2, 0) is 0 Å². The Labute approximate surface area is 112 Å². The molecule has 0 aliphatic heterocycles. The molecule has 0 aliphatic carbocycles. The van der Waals surface area contributed by atoms with Crippen molar-refractivity contribution < 1.29 is 4.74 Å². The van der Waals surface area contributed by atoms with Crippen molar-refractivity contribution in [2.24, 2.45) is 11.1 Å². The SMILES string of the molecule is Cc1ccc(C(C)C)cc1OCC(N)C(C)(C)C. The van der Waals surface area contributed by atoms with Crippen molar-refractivity contribution in [2.45, 2.75) is 53.5 Å². The lowest BCUT2D eigenvalue weighted by Crippen LogP contribution is -2.40. The van der Waals surface area contributed by atoms with Gasteiger partial charge in [-0.2, -0.15) is 0 Å². The molecule has 18 heavy (non-hydrogen) atoms. The van der Waals surface area contributed by atoms with Gasteiger partial charge in [0.25, 0.3) is 0 Å². The molecule has 0 radical (unpaired) electrons. The first-order valence-corrected chi connectivity index (χ1v) is 6.70. The summed E-state index contributed by atoms with van der Waals surface area (Å²) in [6, 6.07) is 6.46. The van der Waals surface area contributed by atoms with Crippen LogP contribution in [0.4, 0.5) is 0 Å². The predicted octanol–water partition coefficient (Wildman–Crippen LogP) is 3.87. The van der Waals surface area contributed by atoms with Crippen LogP contribution in [0.5, 0.6) is 5.75 Å². The molecule has 0 amide bonds. The number of nitrogens with two attached hydrogens (primary N) is 1. The molecule has 1 unspecified atom stereocenters. The molecule has 102 valence electrons. The molecule has 2 N–H and O–H groups in total. The minimum absolute atomic E-state index is 0.0413. The van der Waals surface area contributed by atoms with Gasteiger partial charge in [0.15, 0.2) is 0 Å². The lowest BCUT2D eigenvalue weighted by molar-refractivity contribution is 0.204. The van der Waals surface area contributed by atoms with Crippen LogP contribution in [0.2, 0.25) is 0 Å². The molecule has 0 heterocycles. The van der Waals surface area contributed by atoms with Gasteiger partial charge in [-0.3, -0.25) is 0 Å². The van der Waals surface area contributed by atoms with Crippen molar-refractivity contribution in [3.05, 3.63) is 29.3 Å². The maximum atomic E-state index is 6.12. The summed E-state index contributed by atoms with van der Waals surface area (Å²) in [6.07, 6.45) is 0. The molecular weight excluding hydrogens is 222 g/mol. The van der Waals surface area contributed by atoms with Gasteiger partial charge in [-0.15, -0.1) is 0 Å². The molecule has 1 aromatic carbocycles. The van der Waals surface area contributed by atoms with Crippen LogP contribution in [0.3, 0.4) is 0 Å². The first kappa shape index (κ1) is 15.0. The first-order valence-electron chi connectivity index (χ1n) is 6.70. The largest absolute Gasteiger partial charge is 0.492 e. The molecule has 1 aromatic rings. The van der Waals surface area contributed by atoms with Crippen LogP contribution < -0.4 is 10.5 Å². The average molecular weight is 249 g/mol. The van der Waals surface area contributed by atoms with Crippen LogP contribution in [0, 0.1) is 12.3 Å². The fourth-order valence-corrected chi connectivity index (χ4v) is 1.56. The number of benzene rings is 1. The van der Waals surface area contributed by atoms with Gasteiger partial charge in [0, 0.05) is 6.04 Å². The van der Waals surface area contributed by atoms with Crippen molar-refractivity contribution in [1.29, 1.82) is 0 Å². The van der Waals surface area contributed by atoms with Gasteiger partial charge in [0.1, 0.15) is 12.4 Å². The zero-order chi connectivity index (χ0) is 13.9. The summed E-state index contributed by atoms with van der Waals surface area (Å²) in [7, 11) is 0. The Morgan fingerprint density at radius 1 is 1.22 bits per heavy atom. The van der Waals surface area contributed by atoms with E-state index in [1.807, 2.05) is 0 Å². The monoisotopic (exact) mass is 249 g/mol. The third kappa shape index (κ3) is 4.02. The van der Waals surface area contributed by atoms with Gasteiger partial charge in [-0.25, -0.2) is 0 Å². The summed E-state index contributed by atoms with van der Waals surface area (Å²) in [4.78, 5) is 0. The van der Waals surface area contributed by atoms with Gasteiger partial charge in [-0.05, 0) is 35.4 Å². The van der Waals surface area contributed by atoms with E-state index >= 15 is 0 Å². The fourth-order valence-electron chi connectivity index (χ4n) is 1.56. The normalized spacial score (nSPS) is 13.8. The Morgan fingerprint density at radius 2 is 1.83 bits per heavy atom. The van der Waals surface area contributed by atoms with Gasteiger partial charge in [-0.1, -0.05) is 46.8 Å².